The van der Waals surface area contributed by atoms with Crippen LogP contribution >= 0.6 is 0 Å². The molecule has 34 heavy (non-hydrogen) atoms. The van der Waals surface area contributed by atoms with E-state index in [-0.39, 0.29) is 12.6 Å². The molecule has 5 heteroatoms. The fraction of sp³-hybridized carbons (Fsp3) is 0.897. The standard InChI is InChI=1S/C29H55N3O2/c1-3-5-7-9-11-13-14-15-17-19-21-23-25-32-26-28(30-31-32)27-34-29(33)24-22-20-18-16-12-10-8-6-4-2/h26H,3-25,27H2,1-2H3. The molecule has 0 aliphatic carbocycles. The smallest absolute Gasteiger partial charge is 0.306 e. The molecule has 0 atom stereocenters. The van der Waals surface area contributed by atoms with Crippen LogP contribution in [0.25, 0.3) is 0 Å². The molecule has 0 aromatic carbocycles. The van der Waals surface area contributed by atoms with Crippen molar-refractivity contribution in [3.8, 4) is 0 Å². The van der Waals surface area contributed by atoms with Crippen LogP contribution in [0.15, 0.2) is 6.20 Å². The highest BCUT2D eigenvalue weighted by atomic mass is 16.5. The third-order valence-electron chi connectivity index (χ3n) is 6.69. The van der Waals surface area contributed by atoms with E-state index < -0.39 is 0 Å². The normalized spacial score (nSPS) is 11.2. The molecule has 0 amide bonds. The Hall–Kier alpha value is -1.39. The number of rotatable bonds is 25. The van der Waals surface area contributed by atoms with Crippen molar-refractivity contribution in [1.29, 1.82) is 0 Å². The van der Waals surface area contributed by atoms with E-state index in [1.54, 1.807) is 0 Å². The van der Waals surface area contributed by atoms with Crippen LogP contribution in [0.5, 0.6) is 0 Å². The molecule has 1 aromatic rings. The maximum absolute atomic E-state index is 12.0. The van der Waals surface area contributed by atoms with Crippen LogP contribution < -0.4 is 0 Å². The highest BCUT2D eigenvalue weighted by molar-refractivity contribution is 5.69. The van der Waals surface area contributed by atoms with Crippen LogP contribution in [0, 0.1) is 0 Å². The second-order valence-electron chi connectivity index (χ2n) is 10.1. The topological polar surface area (TPSA) is 57.0 Å². The molecule has 5 nitrogen and oxygen atoms in total. The van der Waals surface area contributed by atoms with Crippen LogP contribution in [-0.4, -0.2) is 21.0 Å². The maximum atomic E-state index is 12.0. The molecule has 1 heterocycles. The van der Waals surface area contributed by atoms with Crippen molar-refractivity contribution in [3.05, 3.63) is 11.9 Å². The van der Waals surface area contributed by atoms with Gasteiger partial charge in [-0.15, -0.1) is 5.10 Å². The molecule has 0 aliphatic heterocycles. The lowest BCUT2D eigenvalue weighted by atomic mass is 10.1. The molecule has 0 fully saturated rings. The summed E-state index contributed by atoms with van der Waals surface area (Å²) in [5.74, 6) is -0.113. The Kier molecular flexibility index (Phi) is 21.0. The van der Waals surface area contributed by atoms with E-state index in [2.05, 4.69) is 24.2 Å². The lowest BCUT2D eigenvalue weighted by Crippen LogP contribution is -2.04. The summed E-state index contributed by atoms with van der Waals surface area (Å²) in [6.07, 6.45) is 30.0. The number of hydrogen-bond acceptors (Lipinski definition) is 4. The van der Waals surface area contributed by atoms with Crippen LogP contribution in [0.3, 0.4) is 0 Å². The number of nitrogens with zero attached hydrogens (tertiary/aromatic N) is 3. The van der Waals surface area contributed by atoms with Gasteiger partial charge < -0.3 is 4.74 Å². The van der Waals surface area contributed by atoms with Gasteiger partial charge in [0.25, 0.3) is 0 Å². The zero-order valence-corrected chi connectivity index (χ0v) is 22.7. The first-order valence-electron chi connectivity index (χ1n) is 14.8. The Bertz CT molecular complexity index is 573. The van der Waals surface area contributed by atoms with Crippen LogP contribution in [0.1, 0.15) is 161 Å². The Balaban J connectivity index is 1.92. The lowest BCUT2D eigenvalue weighted by molar-refractivity contribution is -0.145. The minimum atomic E-state index is -0.113. The van der Waals surface area contributed by atoms with Gasteiger partial charge in [-0.2, -0.15) is 0 Å². The fourth-order valence-electron chi connectivity index (χ4n) is 4.44. The summed E-state index contributed by atoms with van der Waals surface area (Å²) in [5.41, 5.74) is 0.749. The lowest BCUT2D eigenvalue weighted by Gasteiger charge is -2.04. The predicted molar refractivity (Wildman–Crippen MR) is 143 cm³/mol. The monoisotopic (exact) mass is 477 g/mol. The van der Waals surface area contributed by atoms with Gasteiger partial charge in [0, 0.05) is 13.0 Å². The SMILES string of the molecule is CCCCCCCCCCCCCCn1cc(COC(=O)CCCCCCCCCCC)nn1. The minimum Gasteiger partial charge on any atom is -0.459 e. The maximum Gasteiger partial charge on any atom is 0.306 e. The van der Waals surface area contributed by atoms with E-state index in [1.807, 2.05) is 10.9 Å². The number of carbonyl (C=O) groups excluding carboxylic acids is 1. The summed E-state index contributed by atoms with van der Waals surface area (Å²) in [7, 11) is 0. The minimum absolute atomic E-state index is 0.113. The van der Waals surface area contributed by atoms with Crippen molar-refractivity contribution in [2.24, 2.45) is 0 Å². The van der Waals surface area contributed by atoms with E-state index in [4.69, 9.17) is 4.74 Å². The number of esters is 1. The number of hydrogen-bond donors (Lipinski definition) is 0. The fourth-order valence-corrected chi connectivity index (χ4v) is 4.44. The average molecular weight is 478 g/mol. The molecule has 0 radical (unpaired) electrons. The summed E-state index contributed by atoms with van der Waals surface area (Å²) in [4.78, 5) is 12.0. The molecule has 0 N–H and O–H groups in total. The van der Waals surface area contributed by atoms with Crippen molar-refractivity contribution in [1.82, 2.24) is 15.0 Å². The van der Waals surface area contributed by atoms with Crippen LogP contribution in [0.2, 0.25) is 0 Å². The van der Waals surface area contributed by atoms with Crippen molar-refractivity contribution in [2.75, 3.05) is 0 Å². The summed E-state index contributed by atoms with van der Waals surface area (Å²) in [6.45, 7) is 5.67. The summed E-state index contributed by atoms with van der Waals surface area (Å²) in [6, 6.07) is 0. The molecule has 1 rings (SSSR count). The highest BCUT2D eigenvalue weighted by Crippen LogP contribution is 2.13. The highest BCUT2D eigenvalue weighted by Gasteiger charge is 2.06. The zero-order valence-electron chi connectivity index (χ0n) is 22.7. The van der Waals surface area contributed by atoms with Gasteiger partial charge >= 0.3 is 5.97 Å². The number of ether oxygens (including phenoxy) is 1. The van der Waals surface area contributed by atoms with Gasteiger partial charge in [-0.1, -0.05) is 141 Å². The molecule has 0 aliphatic rings. The van der Waals surface area contributed by atoms with E-state index in [0.717, 1.165) is 31.5 Å². The largest absolute Gasteiger partial charge is 0.459 e. The first-order valence-corrected chi connectivity index (χ1v) is 14.8. The molecular weight excluding hydrogens is 422 g/mol. The second kappa shape index (κ2) is 23.4. The number of carbonyl (C=O) groups is 1. The number of aromatic nitrogens is 3. The van der Waals surface area contributed by atoms with Gasteiger partial charge in [-0.25, -0.2) is 0 Å². The third-order valence-corrected chi connectivity index (χ3v) is 6.69. The van der Waals surface area contributed by atoms with Gasteiger partial charge in [0.15, 0.2) is 0 Å². The van der Waals surface area contributed by atoms with Gasteiger partial charge in [-0.05, 0) is 12.8 Å². The molecule has 1 aromatic heterocycles. The number of unbranched alkanes of at least 4 members (excludes halogenated alkanes) is 19. The summed E-state index contributed by atoms with van der Waals surface area (Å²) in [5, 5.41) is 8.33. The van der Waals surface area contributed by atoms with Gasteiger partial charge in [-0.3, -0.25) is 9.48 Å². The molecule has 0 unspecified atom stereocenters. The molecule has 0 saturated carbocycles. The molecule has 0 spiro atoms. The van der Waals surface area contributed by atoms with E-state index in [1.165, 1.54) is 116 Å². The molecular formula is C29H55N3O2. The van der Waals surface area contributed by atoms with Crippen molar-refractivity contribution in [2.45, 2.75) is 168 Å². The van der Waals surface area contributed by atoms with Crippen LogP contribution in [0.4, 0.5) is 0 Å². The van der Waals surface area contributed by atoms with E-state index >= 15 is 0 Å². The third kappa shape index (κ3) is 19.0. The first-order chi connectivity index (χ1) is 16.8. The van der Waals surface area contributed by atoms with E-state index in [9.17, 15) is 4.79 Å². The van der Waals surface area contributed by atoms with Crippen molar-refractivity contribution < 1.29 is 9.53 Å². The van der Waals surface area contributed by atoms with Crippen molar-refractivity contribution >= 4 is 5.97 Å². The Morgan fingerprint density at radius 3 is 1.62 bits per heavy atom. The second-order valence-corrected chi connectivity index (χ2v) is 10.1. The summed E-state index contributed by atoms with van der Waals surface area (Å²) >= 11 is 0. The van der Waals surface area contributed by atoms with Gasteiger partial charge in [0.1, 0.15) is 12.3 Å². The van der Waals surface area contributed by atoms with Gasteiger partial charge in [0.2, 0.25) is 0 Å². The Morgan fingerprint density at radius 2 is 1.12 bits per heavy atom. The molecule has 198 valence electrons. The van der Waals surface area contributed by atoms with E-state index in [0.29, 0.717) is 6.42 Å². The Morgan fingerprint density at radius 1 is 0.676 bits per heavy atom. The predicted octanol–water partition coefficient (Wildman–Crippen LogP) is 8.94. The number of aryl methyl sites for hydroxylation is 1. The molecule has 0 saturated heterocycles. The van der Waals surface area contributed by atoms with Crippen LogP contribution in [-0.2, 0) is 22.7 Å². The summed E-state index contributed by atoms with van der Waals surface area (Å²) < 4.78 is 7.26. The molecule has 0 bridgehead atoms. The average Bonchev–Trinajstić information content (AvgIpc) is 3.30. The zero-order chi connectivity index (χ0) is 24.5. The van der Waals surface area contributed by atoms with Crippen molar-refractivity contribution in [3.63, 3.8) is 0 Å². The Labute approximate surface area is 210 Å². The van der Waals surface area contributed by atoms with Gasteiger partial charge in [0.05, 0.1) is 6.20 Å². The quantitative estimate of drug-likeness (QED) is 0.104. The first kappa shape index (κ1) is 30.6.